The Hall–Kier alpha value is -2.80. The molecule has 2 aromatic rings. The summed E-state index contributed by atoms with van der Waals surface area (Å²) >= 11 is 5.07. The first-order chi connectivity index (χ1) is 10.6. The highest BCUT2D eigenvalue weighted by atomic mass is 32.1. The molecule has 22 heavy (non-hydrogen) atoms. The van der Waals surface area contributed by atoms with Gasteiger partial charge in [0.15, 0.2) is 10.9 Å². The summed E-state index contributed by atoms with van der Waals surface area (Å²) in [5.41, 5.74) is 4.49. The summed E-state index contributed by atoms with van der Waals surface area (Å²) in [6.07, 6.45) is 0. The van der Waals surface area contributed by atoms with Gasteiger partial charge in [-0.15, -0.1) is 0 Å². The van der Waals surface area contributed by atoms with Gasteiger partial charge in [-0.2, -0.15) is 5.10 Å². The van der Waals surface area contributed by atoms with Crippen molar-refractivity contribution in [3.05, 3.63) is 59.9 Å². The summed E-state index contributed by atoms with van der Waals surface area (Å²) in [6.45, 7) is 0. The normalized spacial score (nSPS) is 14.4. The van der Waals surface area contributed by atoms with Crippen molar-refractivity contribution in [1.29, 1.82) is 0 Å². The molecular formula is C15H11FN4OS. The predicted molar refractivity (Wildman–Crippen MR) is 87.6 cm³/mol. The number of benzene rings is 2. The summed E-state index contributed by atoms with van der Waals surface area (Å²) in [7, 11) is 0. The average molecular weight is 314 g/mol. The highest BCUT2D eigenvalue weighted by molar-refractivity contribution is 7.80. The van der Waals surface area contributed by atoms with Gasteiger partial charge < -0.3 is 10.6 Å². The SMILES string of the molecule is O=C1C(=NNC(=S)Nc2ccc(F)cc2)Nc2ccccc21. The zero-order valence-electron chi connectivity index (χ0n) is 11.3. The second-order valence-corrected chi connectivity index (χ2v) is 4.94. The van der Waals surface area contributed by atoms with E-state index in [0.29, 0.717) is 16.9 Å². The lowest BCUT2D eigenvalue weighted by Crippen LogP contribution is -2.27. The number of carbonyl (C=O) groups is 1. The Balaban J connectivity index is 1.64. The number of hydrazone groups is 1. The molecule has 0 radical (unpaired) electrons. The van der Waals surface area contributed by atoms with Crippen molar-refractivity contribution in [2.24, 2.45) is 5.10 Å². The second kappa shape index (κ2) is 5.90. The van der Waals surface area contributed by atoms with Crippen molar-refractivity contribution < 1.29 is 9.18 Å². The number of ketones is 1. The molecule has 3 N–H and O–H groups in total. The highest BCUT2D eigenvalue weighted by Gasteiger charge is 2.25. The molecule has 0 spiro atoms. The third kappa shape index (κ3) is 2.94. The number of nitrogens with one attached hydrogen (secondary N) is 3. The number of nitrogens with zero attached hydrogens (tertiary/aromatic N) is 1. The van der Waals surface area contributed by atoms with E-state index >= 15 is 0 Å². The Bertz CT molecular complexity index is 773. The monoisotopic (exact) mass is 314 g/mol. The molecule has 1 heterocycles. The molecule has 110 valence electrons. The maximum atomic E-state index is 12.8. The first kappa shape index (κ1) is 14.2. The molecule has 0 bridgehead atoms. The molecule has 0 saturated heterocycles. The zero-order chi connectivity index (χ0) is 15.5. The molecule has 0 unspecified atom stereocenters. The van der Waals surface area contributed by atoms with Gasteiger partial charge in [-0.25, -0.2) is 4.39 Å². The molecule has 0 aliphatic carbocycles. The number of hydrogen-bond donors (Lipinski definition) is 3. The molecule has 5 nitrogen and oxygen atoms in total. The van der Waals surface area contributed by atoms with Crippen LogP contribution in [0.25, 0.3) is 0 Å². The minimum absolute atomic E-state index is 0.171. The molecule has 0 amide bonds. The molecule has 3 rings (SSSR count). The molecule has 1 aliphatic rings. The van der Waals surface area contributed by atoms with Crippen LogP contribution in [0, 0.1) is 5.82 Å². The van der Waals surface area contributed by atoms with Crippen LogP contribution in [0.15, 0.2) is 53.6 Å². The van der Waals surface area contributed by atoms with Crippen LogP contribution >= 0.6 is 12.2 Å². The number of carbonyl (C=O) groups excluding carboxylic acids is 1. The summed E-state index contributed by atoms with van der Waals surface area (Å²) in [4.78, 5) is 12.1. The molecule has 0 atom stereocenters. The lowest BCUT2D eigenvalue weighted by Gasteiger charge is -2.07. The number of hydrogen-bond acceptors (Lipinski definition) is 3. The van der Waals surface area contributed by atoms with Crippen LogP contribution in [0.1, 0.15) is 10.4 Å². The Morgan fingerprint density at radius 3 is 2.59 bits per heavy atom. The van der Waals surface area contributed by atoms with Gasteiger partial charge in [0.25, 0.3) is 0 Å². The van der Waals surface area contributed by atoms with E-state index in [0.717, 1.165) is 0 Å². The maximum Gasteiger partial charge on any atom is 0.232 e. The first-order valence-electron chi connectivity index (χ1n) is 6.44. The van der Waals surface area contributed by atoms with Crippen LogP contribution in [0.3, 0.4) is 0 Å². The van der Waals surface area contributed by atoms with E-state index in [1.807, 2.05) is 6.07 Å². The largest absolute Gasteiger partial charge is 0.335 e. The Morgan fingerprint density at radius 1 is 1.14 bits per heavy atom. The van der Waals surface area contributed by atoms with E-state index in [1.54, 1.807) is 30.3 Å². The molecule has 0 aromatic heterocycles. The van der Waals surface area contributed by atoms with Crippen LogP contribution in [0.2, 0.25) is 0 Å². The molecule has 7 heteroatoms. The minimum Gasteiger partial charge on any atom is -0.335 e. The fourth-order valence-corrected chi connectivity index (χ4v) is 2.14. The lowest BCUT2D eigenvalue weighted by molar-refractivity contribution is 0.106. The van der Waals surface area contributed by atoms with Crippen molar-refractivity contribution in [1.82, 2.24) is 5.43 Å². The van der Waals surface area contributed by atoms with Gasteiger partial charge in [0.2, 0.25) is 5.78 Å². The van der Waals surface area contributed by atoms with Crippen LogP contribution in [0.4, 0.5) is 15.8 Å². The molecule has 1 aliphatic heterocycles. The summed E-state index contributed by atoms with van der Waals surface area (Å²) in [5, 5.41) is 9.91. The van der Waals surface area contributed by atoms with E-state index in [-0.39, 0.29) is 22.5 Å². The Labute approximate surface area is 131 Å². The average Bonchev–Trinajstić information content (AvgIpc) is 2.84. The smallest absolute Gasteiger partial charge is 0.232 e. The maximum absolute atomic E-state index is 12.8. The van der Waals surface area contributed by atoms with Gasteiger partial charge in [-0.05, 0) is 48.6 Å². The number of thiocarbonyl (C=S) groups is 1. The van der Waals surface area contributed by atoms with Crippen molar-refractivity contribution in [3.8, 4) is 0 Å². The third-order valence-electron chi connectivity index (χ3n) is 3.01. The lowest BCUT2D eigenvalue weighted by atomic mass is 10.1. The third-order valence-corrected chi connectivity index (χ3v) is 3.20. The Morgan fingerprint density at radius 2 is 1.86 bits per heavy atom. The van der Waals surface area contributed by atoms with Crippen LogP contribution in [-0.2, 0) is 0 Å². The van der Waals surface area contributed by atoms with Crippen molar-refractivity contribution in [3.63, 3.8) is 0 Å². The second-order valence-electron chi connectivity index (χ2n) is 4.53. The zero-order valence-corrected chi connectivity index (χ0v) is 12.1. The highest BCUT2D eigenvalue weighted by Crippen LogP contribution is 2.22. The minimum atomic E-state index is -0.330. The molecule has 2 aromatic carbocycles. The number of para-hydroxylation sites is 1. The number of fused-ring (bicyclic) bond motifs is 1. The van der Waals surface area contributed by atoms with Crippen molar-refractivity contribution in [2.45, 2.75) is 0 Å². The van der Waals surface area contributed by atoms with E-state index in [4.69, 9.17) is 12.2 Å². The van der Waals surface area contributed by atoms with Crippen LogP contribution < -0.4 is 16.1 Å². The van der Waals surface area contributed by atoms with Gasteiger partial charge in [-0.1, -0.05) is 12.1 Å². The number of amidine groups is 1. The van der Waals surface area contributed by atoms with Gasteiger partial charge >= 0.3 is 0 Å². The number of rotatable bonds is 2. The van der Waals surface area contributed by atoms with Gasteiger partial charge in [0.1, 0.15) is 5.82 Å². The van der Waals surface area contributed by atoms with Crippen LogP contribution in [0.5, 0.6) is 0 Å². The van der Waals surface area contributed by atoms with E-state index < -0.39 is 0 Å². The van der Waals surface area contributed by atoms with E-state index in [1.165, 1.54) is 12.1 Å². The number of anilines is 2. The fourth-order valence-electron chi connectivity index (χ4n) is 1.98. The number of Topliss-reactive ketones (excluding diaryl/α,β-unsaturated/α-hetero) is 1. The molecular weight excluding hydrogens is 303 g/mol. The Kier molecular flexibility index (Phi) is 3.80. The number of halogens is 1. The van der Waals surface area contributed by atoms with Gasteiger partial charge in [-0.3, -0.25) is 10.2 Å². The quantitative estimate of drug-likeness (QED) is 0.587. The first-order valence-corrected chi connectivity index (χ1v) is 6.85. The van der Waals surface area contributed by atoms with Gasteiger partial charge in [0.05, 0.1) is 5.69 Å². The predicted octanol–water partition coefficient (Wildman–Crippen LogP) is 2.73. The molecule has 0 saturated carbocycles. The van der Waals surface area contributed by atoms with Crippen LogP contribution in [-0.4, -0.2) is 16.7 Å². The fraction of sp³-hybridized carbons (Fsp3) is 0. The summed E-state index contributed by atoms with van der Waals surface area (Å²) < 4.78 is 12.8. The molecule has 0 fully saturated rings. The van der Waals surface area contributed by atoms with Crippen molar-refractivity contribution in [2.75, 3.05) is 10.6 Å². The van der Waals surface area contributed by atoms with E-state index in [9.17, 15) is 9.18 Å². The summed E-state index contributed by atoms with van der Waals surface area (Å²) in [5.74, 6) is -0.361. The topological polar surface area (TPSA) is 65.5 Å². The van der Waals surface area contributed by atoms with E-state index in [2.05, 4.69) is 21.2 Å². The standard InChI is InChI=1S/C15H11FN4OS/c16-9-5-7-10(8-6-9)17-15(22)20-19-14-13(21)11-3-1-2-4-12(11)18-14/h1-8H,(H2,17,20,22)(H,18,19,21). The summed E-state index contributed by atoms with van der Waals surface area (Å²) in [6, 6.07) is 12.9. The van der Waals surface area contributed by atoms with Crippen molar-refractivity contribution >= 4 is 40.3 Å². The van der Waals surface area contributed by atoms with Gasteiger partial charge in [0, 0.05) is 11.3 Å².